The predicted molar refractivity (Wildman–Crippen MR) is 86.3 cm³/mol. The van der Waals surface area contributed by atoms with Gasteiger partial charge in [0.15, 0.2) is 0 Å². The number of hydrogen-bond donors (Lipinski definition) is 0. The third-order valence-electron chi connectivity index (χ3n) is 3.61. The van der Waals surface area contributed by atoms with Crippen LogP contribution in [0.2, 0.25) is 0 Å². The van der Waals surface area contributed by atoms with Crippen molar-refractivity contribution in [2.24, 2.45) is 4.99 Å². The Hall–Kier alpha value is -2.13. The first kappa shape index (κ1) is 13.8. The lowest BCUT2D eigenvalue weighted by Gasteiger charge is -2.11. The van der Waals surface area contributed by atoms with Gasteiger partial charge in [-0.3, -0.25) is 4.99 Å². The summed E-state index contributed by atoms with van der Waals surface area (Å²) in [6.45, 7) is 2.32. The standard InChI is InChI=1S/C18H20N2O/c1-20(2)12-11-19-18-15-8-4-3-7-14(15)13-21-17-10-6-5-9-16(17)18/h3-10H,11-13H2,1-2H3. The number of fused-ring (bicyclic) bond motifs is 2. The Kier molecular flexibility index (Phi) is 4.02. The van der Waals surface area contributed by atoms with E-state index >= 15 is 0 Å². The lowest BCUT2D eigenvalue weighted by molar-refractivity contribution is 0.307. The van der Waals surface area contributed by atoms with Gasteiger partial charge in [0.1, 0.15) is 12.4 Å². The molecule has 0 aliphatic carbocycles. The molecule has 0 amide bonds. The van der Waals surface area contributed by atoms with Gasteiger partial charge in [-0.05, 0) is 31.8 Å². The van der Waals surface area contributed by atoms with E-state index < -0.39 is 0 Å². The molecule has 0 saturated heterocycles. The third-order valence-corrected chi connectivity index (χ3v) is 3.61. The first-order valence-corrected chi connectivity index (χ1v) is 7.25. The highest BCUT2D eigenvalue weighted by Gasteiger charge is 2.19. The molecule has 0 N–H and O–H groups in total. The summed E-state index contributed by atoms with van der Waals surface area (Å²) in [5.41, 5.74) is 4.50. The second-order valence-corrected chi connectivity index (χ2v) is 5.48. The molecule has 1 aliphatic heterocycles. The molecule has 0 fully saturated rings. The Bertz CT molecular complexity index is 612. The van der Waals surface area contributed by atoms with Crippen molar-refractivity contribution in [3.63, 3.8) is 0 Å². The van der Waals surface area contributed by atoms with Crippen LogP contribution in [0.1, 0.15) is 16.7 Å². The van der Waals surface area contributed by atoms with Crippen molar-refractivity contribution in [1.29, 1.82) is 0 Å². The number of ether oxygens (including phenoxy) is 1. The van der Waals surface area contributed by atoms with E-state index in [1.54, 1.807) is 0 Å². The predicted octanol–water partition coefficient (Wildman–Crippen LogP) is 2.98. The summed E-state index contributed by atoms with van der Waals surface area (Å²) in [5.74, 6) is 0.914. The van der Waals surface area contributed by atoms with Crippen LogP contribution in [-0.4, -0.2) is 37.8 Å². The van der Waals surface area contributed by atoms with E-state index in [-0.39, 0.29) is 0 Å². The Morgan fingerprint density at radius 2 is 1.71 bits per heavy atom. The molecule has 1 heterocycles. The first-order valence-electron chi connectivity index (χ1n) is 7.25. The van der Waals surface area contributed by atoms with E-state index in [1.165, 1.54) is 11.1 Å². The normalized spacial score (nSPS) is 15.3. The van der Waals surface area contributed by atoms with Crippen LogP contribution >= 0.6 is 0 Å². The van der Waals surface area contributed by atoms with E-state index in [2.05, 4.69) is 49.3 Å². The summed E-state index contributed by atoms with van der Waals surface area (Å²) in [5, 5.41) is 0. The van der Waals surface area contributed by atoms with Crippen LogP contribution < -0.4 is 4.74 Å². The minimum absolute atomic E-state index is 0.597. The zero-order valence-corrected chi connectivity index (χ0v) is 12.5. The second kappa shape index (κ2) is 6.10. The molecule has 108 valence electrons. The summed E-state index contributed by atoms with van der Waals surface area (Å²) < 4.78 is 5.94. The highest BCUT2D eigenvalue weighted by atomic mass is 16.5. The quantitative estimate of drug-likeness (QED) is 0.863. The topological polar surface area (TPSA) is 24.8 Å². The van der Waals surface area contributed by atoms with Crippen molar-refractivity contribution < 1.29 is 4.74 Å². The van der Waals surface area contributed by atoms with E-state index in [0.717, 1.165) is 30.1 Å². The van der Waals surface area contributed by atoms with E-state index in [9.17, 15) is 0 Å². The molecular weight excluding hydrogens is 260 g/mol. The second-order valence-electron chi connectivity index (χ2n) is 5.48. The largest absolute Gasteiger partial charge is 0.488 e. The van der Waals surface area contributed by atoms with Gasteiger partial charge in [-0.1, -0.05) is 36.4 Å². The molecule has 1 aliphatic rings. The molecule has 0 unspecified atom stereocenters. The van der Waals surface area contributed by atoms with Crippen molar-refractivity contribution >= 4 is 5.71 Å². The van der Waals surface area contributed by atoms with Crippen LogP contribution in [0, 0.1) is 0 Å². The average Bonchev–Trinajstić information content (AvgIpc) is 2.65. The smallest absolute Gasteiger partial charge is 0.129 e. The Morgan fingerprint density at radius 1 is 1.00 bits per heavy atom. The maximum atomic E-state index is 5.94. The summed E-state index contributed by atoms with van der Waals surface area (Å²) in [6.07, 6.45) is 0. The van der Waals surface area contributed by atoms with Crippen molar-refractivity contribution in [1.82, 2.24) is 4.90 Å². The molecule has 2 aromatic rings. The number of benzene rings is 2. The van der Waals surface area contributed by atoms with Gasteiger partial charge in [-0.2, -0.15) is 0 Å². The SMILES string of the molecule is CN(C)CCN=C1c2ccccc2COc2ccccc21. The highest BCUT2D eigenvalue weighted by molar-refractivity contribution is 6.15. The van der Waals surface area contributed by atoms with Crippen molar-refractivity contribution in [2.45, 2.75) is 6.61 Å². The molecule has 0 saturated carbocycles. The molecule has 0 aromatic heterocycles. The third kappa shape index (κ3) is 2.98. The number of aliphatic imine (C=N–C) groups is 1. The first-order chi connectivity index (χ1) is 10.3. The molecule has 21 heavy (non-hydrogen) atoms. The van der Waals surface area contributed by atoms with Crippen molar-refractivity contribution in [3.05, 3.63) is 65.2 Å². The van der Waals surface area contributed by atoms with Crippen LogP contribution in [0.5, 0.6) is 5.75 Å². The molecule has 0 radical (unpaired) electrons. The molecule has 3 nitrogen and oxygen atoms in total. The molecule has 3 heteroatoms. The van der Waals surface area contributed by atoms with Crippen molar-refractivity contribution in [3.8, 4) is 5.75 Å². The Balaban J connectivity index is 2.07. The van der Waals surface area contributed by atoms with Gasteiger partial charge in [0, 0.05) is 17.7 Å². The molecule has 3 rings (SSSR count). The minimum Gasteiger partial charge on any atom is -0.488 e. The number of nitrogens with zero attached hydrogens (tertiary/aromatic N) is 2. The van der Waals surface area contributed by atoms with Crippen molar-refractivity contribution in [2.75, 3.05) is 27.2 Å². The fraction of sp³-hybridized carbons (Fsp3) is 0.278. The molecule has 2 aromatic carbocycles. The summed E-state index contributed by atoms with van der Waals surface area (Å²) in [7, 11) is 4.14. The summed E-state index contributed by atoms with van der Waals surface area (Å²) in [6, 6.07) is 16.5. The Morgan fingerprint density at radius 3 is 2.52 bits per heavy atom. The summed E-state index contributed by atoms with van der Waals surface area (Å²) >= 11 is 0. The van der Waals surface area contributed by atoms with Gasteiger partial charge in [0.25, 0.3) is 0 Å². The molecule has 0 atom stereocenters. The van der Waals surface area contributed by atoms with Crippen LogP contribution in [0.4, 0.5) is 0 Å². The molecular formula is C18H20N2O. The number of rotatable bonds is 3. The fourth-order valence-electron chi connectivity index (χ4n) is 2.50. The van der Waals surface area contributed by atoms with Gasteiger partial charge in [0.2, 0.25) is 0 Å². The zero-order chi connectivity index (χ0) is 14.7. The average molecular weight is 280 g/mol. The van der Waals surface area contributed by atoms with Crippen LogP contribution in [-0.2, 0) is 6.61 Å². The van der Waals surface area contributed by atoms with Crippen LogP contribution in [0.3, 0.4) is 0 Å². The van der Waals surface area contributed by atoms with Crippen LogP contribution in [0.15, 0.2) is 53.5 Å². The van der Waals surface area contributed by atoms with Crippen LogP contribution in [0.25, 0.3) is 0 Å². The van der Waals surface area contributed by atoms with Gasteiger partial charge in [0.05, 0.1) is 12.3 Å². The zero-order valence-electron chi connectivity index (χ0n) is 12.5. The van der Waals surface area contributed by atoms with Gasteiger partial charge < -0.3 is 9.64 Å². The lowest BCUT2D eigenvalue weighted by atomic mass is 9.98. The van der Waals surface area contributed by atoms with E-state index in [0.29, 0.717) is 6.61 Å². The fourth-order valence-corrected chi connectivity index (χ4v) is 2.50. The number of hydrogen-bond acceptors (Lipinski definition) is 3. The lowest BCUT2D eigenvalue weighted by Crippen LogP contribution is -2.17. The molecule has 0 spiro atoms. The number of para-hydroxylation sites is 1. The maximum absolute atomic E-state index is 5.94. The highest BCUT2D eigenvalue weighted by Crippen LogP contribution is 2.28. The maximum Gasteiger partial charge on any atom is 0.129 e. The summed E-state index contributed by atoms with van der Waals surface area (Å²) in [4.78, 5) is 7.01. The van der Waals surface area contributed by atoms with Gasteiger partial charge in [-0.25, -0.2) is 0 Å². The van der Waals surface area contributed by atoms with E-state index in [1.807, 2.05) is 18.2 Å². The van der Waals surface area contributed by atoms with E-state index in [4.69, 9.17) is 9.73 Å². The number of likely N-dealkylation sites (N-methyl/N-ethyl adjacent to an activating group) is 1. The Labute approximate surface area is 125 Å². The van der Waals surface area contributed by atoms with Gasteiger partial charge in [-0.15, -0.1) is 0 Å². The monoisotopic (exact) mass is 280 g/mol. The molecule has 0 bridgehead atoms. The van der Waals surface area contributed by atoms with Gasteiger partial charge >= 0.3 is 0 Å². The minimum atomic E-state index is 0.597.